The first-order valence-electron chi connectivity index (χ1n) is 6.42. The van der Waals surface area contributed by atoms with Crippen molar-refractivity contribution in [2.24, 2.45) is 7.05 Å². The first-order valence-corrected chi connectivity index (χ1v) is 6.42. The maximum absolute atomic E-state index is 11.1. The first kappa shape index (κ1) is 13.1. The standard InChI is InChI=1S/C16H13N3O2/c1-19-10-12(7-14(19)16(20)21)13-8-17-15(18-9-13)11-5-3-2-4-6-11/h2-10H,1H3,(H,20,21). The summed E-state index contributed by atoms with van der Waals surface area (Å²) in [7, 11) is 1.70. The van der Waals surface area contributed by atoms with Crippen LogP contribution in [0.1, 0.15) is 10.5 Å². The van der Waals surface area contributed by atoms with Crippen molar-refractivity contribution in [3.8, 4) is 22.5 Å². The first-order chi connectivity index (χ1) is 10.1. The Balaban J connectivity index is 1.94. The summed E-state index contributed by atoms with van der Waals surface area (Å²) in [5.74, 6) is -0.306. The Labute approximate surface area is 121 Å². The van der Waals surface area contributed by atoms with Gasteiger partial charge in [0.05, 0.1) is 0 Å². The molecule has 0 bridgehead atoms. The molecule has 2 heterocycles. The van der Waals surface area contributed by atoms with Gasteiger partial charge in [-0.3, -0.25) is 0 Å². The highest BCUT2D eigenvalue weighted by Gasteiger charge is 2.11. The minimum absolute atomic E-state index is 0.233. The van der Waals surface area contributed by atoms with E-state index in [1.165, 1.54) is 0 Å². The van der Waals surface area contributed by atoms with E-state index in [0.717, 1.165) is 16.7 Å². The van der Waals surface area contributed by atoms with Crippen LogP contribution >= 0.6 is 0 Å². The molecule has 0 atom stereocenters. The van der Waals surface area contributed by atoms with Gasteiger partial charge in [-0.05, 0) is 6.07 Å². The summed E-state index contributed by atoms with van der Waals surface area (Å²) in [5, 5.41) is 9.07. The van der Waals surface area contributed by atoms with E-state index in [9.17, 15) is 4.79 Å². The number of carbonyl (C=O) groups is 1. The number of aromatic nitrogens is 3. The number of hydrogen-bond donors (Lipinski definition) is 1. The van der Waals surface area contributed by atoms with Crippen molar-refractivity contribution >= 4 is 5.97 Å². The van der Waals surface area contributed by atoms with E-state index in [4.69, 9.17) is 5.11 Å². The van der Waals surface area contributed by atoms with Gasteiger partial charge in [-0.25, -0.2) is 14.8 Å². The monoisotopic (exact) mass is 279 g/mol. The Hall–Kier alpha value is -2.95. The summed E-state index contributed by atoms with van der Waals surface area (Å²) in [6.45, 7) is 0. The van der Waals surface area contributed by atoms with Gasteiger partial charge in [0.25, 0.3) is 0 Å². The lowest BCUT2D eigenvalue weighted by atomic mass is 10.1. The normalized spacial score (nSPS) is 10.5. The molecule has 0 aliphatic heterocycles. The van der Waals surface area contributed by atoms with E-state index >= 15 is 0 Å². The van der Waals surface area contributed by atoms with Crippen LogP contribution in [0.4, 0.5) is 0 Å². The maximum atomic E-state index is 11.1. The van der Waals surface area contributed by atoms with Gasteiger partial charge in [-0.2, -0.15) is 0 Å². The van der Waals surface area contributed by atoms with Crippen LogP contribution in [-0.2, 0) is 7.05 Å². The number of benzene rings is 1. The molecule has 104 valence electrons. The molecule has 5 nitrogen and oxygen atoms in total. The minimum Gasteiger partial charge on any atom is -0.477 e. The van der Waals surface area contributed by atoms with Crippen molar-refractivity contribution in [1.82, 2.24) is 14.5 Å². The van der Waals surface area contributed by atoms with Gasteiger partial charge in [-0.1, -0.05) is 30.3 Å². The molecule has 5 heteroatoms. The van der Waals surface area contributed by atoms with Crippen LogP contribution in [0.3, 0.4) is 0 Å². The lowest BCUT2D eigenvalue weighted by Crippen LogP contribution is -2.02. The molecule has 3 rings (SSSR count). The van der Waals surface area contributed by atoms with Crippen molar-refractivity contribution in [2.45, 2.75) is 0 Å². The fourth-order valence-corrected chi connectivity index (χ4v) is 2.15. The number of nitrogens with zero attached hydrogens (tertiary/aromatic N) is 3. The zero-order chi connectivity index (χ0) is 14.8. The molecular formula is C16H13N3O2. The topological polar surface area (TPSA) is 68.0 Å². The van der Waals surface area contributed by atoms with Crippen molar-refractivity contribution in [3.63, 3.8) is 0 Å². The minimum atomic E-state index is -0.953. The highest BCUT2D eigenvalue weighted by molar-refractivity contribution is 5.88. The van der Waals surface area contributed by atoms with Gasteiger partial charge in [0, 0.05) is 42.3 Å². The van der Waals surface area contributed by atoms with Crippen molar-refractivity contribution in [1.29, 1.82) is 0 Å². The Bertz CT molecular complexity index is 777. The third-order valence-corrected chi connectivity index (χ3v) is 3.24. The zero-order valence-electron chi connectivity index (χ0n) is 11.4. The van der Waals surface area contributed by atoms with Crippen molar-refractivity contribution < 1.29 is 9.90 Å². The molecule has 0 spiro atoms. The molecule has 1 N–H and O–H groups in total. The Morgan fingerprint density at radius 2 is 1.71 bits per heavy atom. The largest absolute Gasteiger partial charge is 0.477 e. The number of aromatic carboxylic acids is 1. The average molecular weight is 279 g/mol. The molecule has 0 radical (unpaired) electrons. The molecule has 2 aromatic heterocycles. The summed E-state index contributed by atoms with van der Waals surface area (Å²) in [5.41, 5.74) is 2.76. The molecule has 0 saturated heterocycles. The number of rotatable bonds is 3. The summed E-state index contributed by atoms with van der Waals surface area (Å²) < 4.78 is 1.57. The Morgan fingerprint density at radius 1 is 1.05 bits per heavy atom. The lowest BCUT2D eigenvalue weighted by molar-refractivity contribution is 0.0686. The van der Waals surface area contributed by atoms with E-state index in [1.54, 1.807) is 36.3 Å². The van der Waals surface area contributed by atoms with Gasteiger partial charge in [0.1, 0.15) is 5.69 Å². The van der Waals surface area contributed by atoms with Crippen molar-refractivity contribution in [2.75, 3.05) is 0 Å². The van der Waals surface area contributed by atoms with E-state index in [0.29, 0.717) is 5.82 Å². The van der Waals surface area contributed by atoms with Crippen molar-refractivity contribution in [3.05, 3.63) is 60.7 Å². The highest BCUT2D eigenvalue weighted by Crippen LogP contribution is 2.22. The second kappa shape index (κ2) is 5.20. The Kier molecular flexibility index (Phi) is 3.23. The van der Waals surface area contributed by atoms with Crippen LogP contribution in [0.15, 0.2) is 55.0 Å². The fraction of sp³-hybridized carbons (Fsp3) is 0.0625. The van der Waals surface area contributed by atoms with E-state index in [-0.39, 0.29) is 5.69 Å². The summed E-state index contributed by atoms with van der Waals surface area (Å²) in [4.78, 5) is 19.7. The smallest absolute Gasteiger partial charge is 0.352 e. The summed E-state index contributed by atoms with van der Waals surface area (Å²) in [6.07, 6.45) is 5.16. The molecular weight excluding hydrogens is 266 g/mol. The van der Waals surface area contributed by atoms with E-state index in [1.807, 2.05) is 30.3 Å². The SMILES string of the molecule is Cn1cc(-c2cnc(-c3ccccc3)nc2)cc1C(=O)O. The van der Waals surface area contributed by atoms with Crippen LogP contribution in [0.25, 0.3) is 22.5 Å². The zero-order valence-corrected chi connectivity index (χ0v) is 11.4. The number of carboxylic acids is 1. The molecule has 0 unspecified atom stereocenters. The van der Waals surface area contributed by atoms with Gasteiger partial charge in [0.15, 0.2) is 5.82 Å². The molecule has 0 aliphatic rings. The van der Waals surface area contributed by atoms with E-state index < -0.39 is 5.97 Å². The predicted octanol–water partition coefficient (Wildman–Crippen LogP) is 2.85. The van der Waals surface area contributed by atoms with Gasteiger partial charge in [0.2, 0.25) is 0 Å². The quantitative estimate of drug-likeness (QED) is 0.800. The average Bonchev–Trinajstić information content (AvgIpc) is 2.90. The third-order valence-electron chi connectivity index (χ3n) is 3.24. The molecule has 3 aromatic rings. The van der Waals surface area contributed by atoms with Crippen LogP contribution in [0.2, 0.25) is 0 Å². The summed E-state index contributed by atoms with van der Waals surface area (Å²) in [6, 6.07) is 11.3. The highest BCUT2D eigenvalue weighted by atomic mass is 16.4. The molecule has 1 aromatic carbocycles. The van der Waals surface area contributed by atoms with Crippen LogP contribution in [0, 0.1) is 0 Å². The predicted molar refractivity (Wildman–Crippen MR) is 78.8 cm³/mol. The van der Waals surface area contributed by atoms with Gasteiger partial charge in [-0.15, -0.1) is 0 Å². The number of carboxylic acid groups (broad SMARTS) is 1. The fourth-order valence-electron chi connectivity index (χ4n) is 2.15. The third kappa shape index (κ3) is 2.53. The molecule has 0 saturated carbocycles. The second-order valence-corrected chi connectivity index (χ2v) is 4.69. The van der Waals surface area contributed by atoms with Crippen LogP contribution in [0.5, 0.6) is 0 Å². The maximum Gasteiger partial charge on any atom is 0.352 e. The number of hydrogen-bond acceptors (Lipinski definition) is 3. The molecule has 0 fully saturated rings. The molecule has 21 heavy (non-hydrogen) atoms. The molecule has 0 aliphatic carbocycles. The Morgan fingerprint density at radius 3 is 2.29 bits per heavy atom. The van der Waals surface area contributed by atoms with Crippen LogP contribution < -0.4 is 0 Å². The number of aryl methyl sites for hydroxylation is 1. The van der Waals surface area contributed by atoms with Gasteiger partial charge < -0.3 is 9.67 Å². The molecule has 0 amide bonds. The van der Waals surface area contributed by atoms with Gasteiger partial charge >= 0.3 is 5.97 Å². The second-order valence-electron chi connectivity index (χ2n) is 4.69. The lowest BCUT2D eigenvalue weighted by Gasteiger charge is -2.01. The summed E-state index contributed by atoms with van der Waals surface area (Å²) >= 11 is 0. The van der Waals surface area contributed by atoms with E-state index in [2.05, 4.69) is 9.97 Å². The van der Waals surface area contributed by atoms with Crippen LogP contribution in [-0.4, -0.2) is 25.6 Å².